The summed E-state index contributed by atoms with van der Waals surface area (Å²) in [6.45, 7) is 0.829. The van der Waals surface area contributed by atoms with Gasteiger partial charge in [0, 0.05) is 13.7 Å². The number of nitrogens with zero attached hydrogens (tertiary/aromatic N) is 1. The summed E-state index contributed by atoms with van der Waals surface area (Å²) in [5, 5.41) is 0. The van der Waals surface area contributed by atoms with E-state index in [-0.39, 0.29) is 16.7 Å². The van der Waals surface area contributed by atoms with Crippen LogP contribution in [-0.2, 0) is 11.8 Å². The number of hydrogen-bond donors (Lipinski definition) is 0. The van der Waals surface area contributed by atoms with Gasteiger partial charge in [0.25, 0.3) is 0 Å². The topological polar surface area (TPSA) is 44.4 Å². The van der Waals surface area contributed by atoms with E-state index in [2.05, 4.69) is 15.9 Å². The van der Waals surface area contributed by atoms with Crippen molar-refractivity contribution in [3.8, 4) is 0 Å². The molecule has 0 spiro atoms. The van der Waals surface area contributed by atoms with Crippen molar-refractivity contribution < 1.29 is 9.15 Å². The zero-order chi connectivity index (χ0) is 12.7. The molecular formula is C13H14BrNO3. The Kier molecular flexibility index (Phi) is 3.03. The van der Waals surface area contributed by atoms with Crippen molar-refractivity contribution in [1.82, 2.24) is 4.57 Å². The van der Waals surface area contributed by atoms with Crippen molar-refractivity contribution in [2.45, 2.75) is 23.8 Å². The molecule has 1 aliphatic rings. The number of alkyl halides is 1. The third-order valence-electron chi connectivity index (χ3n) is 3.43. The summed E-state index contributed by atoms with van der Waals surface area (Å²) in [6.07, 6.45) is 2.38. The predicted molar refractivity (Wildman–Crippen MR) is 72.1 cm³/mol. The van der Waals surface area contributed by atoms with Gasteiger partial charge in [0.15, 0.2) is 5.58 Å². The van der Waals surface area contributed by atoms with Crippen molar-refractivity contribution >= 4 is 27.0 Å². The smallest absolute Gasteiger partial charge is 0.408 e. The number of aryl methyl sites for hydroxylation is 1. The highest BCUT2D eigenvalue weighted by molar-refractivity contribution is 9.09. The van der Waals surface area contributed by atoms with Gasteiger partial charge in [-0.3, -0.25) is 4.57 Å². The first-order chi connectivity index (χ1) is 8.66. The normalized spacial score (nSPS) is 21.6. The highest BCUT2D eigenvalue weighted by atomic mass is 79.9. The Morgan fingerprint density at radius 2 is 2.33 bits per heavy atom. The minimum atomic E-state index is -0.328. The maximum atomic E-state index is 11.4. The first-order valence-electron chi connectivity index (χ1n) is 6.02. The van der Waals surface area contributed by atoms with Crippen LogP contribution >= 0.6 is 15.9 Å². The second kappa shape index (κ2) is 4.55. The molecule has 2 heterocycles. The number of halogens is 1. The molecule has 0 radical (unpaired) electrons. The van der Waals surface area contributed by atoms with E-state index >= 15 is 0 Å². The fourth-order valence-electron chi connectivity index (χ4n) is 2.37. The monoisotopic (exact) mass is 311 g/mol. The maximum absolute atomic E-state index is 11.4. The van der Waals surface area contributed by atoms with Gasteiger partial charge >= 0.3 is 5.76 Å². The predicted octanol–water partition coefficient (Wildman–Crippen LogP) is 2.75. The van der Waals surface area contributed by atoms with Crippen molar-refractivity contribution in [2.75, 3.05) is 6.61 Å². The molecule has 1 aromatic carbocycles. The lowest BCUT2D eigenvalue weighted by atomic mass is 10.1. The third-order valence-corrected chi connectivity index (χ3v) is 4.54. The molecule has 96 valence electrons. The molecule has 18 heavy (non-hydrogen) atoms. The fourth-order valence-corrected chi connectivity index (χ4v) is 3.07. The molecule has 1 saturated heterocycles. The van der Waals surface area contributed by atoms with Gasteiger partial charge in [0.2, 0.25) is 0 Å². The Morgan fingerprint density at radius 1 is 1.50 bits per heavy atom. The quantitative estimate of drug-likeness (QED) is 0.801. The number of fused-ring (bicyclic) bond motifs is 1. The van der Waals surface area contributed by atoms with E-state index in [1.165, 1.54) is 4.57 Å². The summed E-state index contributed by atoms with van der Waals surface area (Å²) in [5.74, 6) is -0.328. The number of benzene rings is 1. The molecule has 0 amide bonds. The van der Waals surface area contributed by atoms with E-state index in [1.54, 1.807) is 7.05 Å². The van der Waals surface area contributed by atoms with Crippen LogP contribution in [0, 0.1) is 0 Å². The van der Waals surface area contributed by atoms with Crippen molar-refractivity contribution in [3.05, 3.63) is 34.3 Å². The Balaban J connectivity index is 2.00. The average molecular weight is 312 g/mol. The molecule has 0 bridgehead atoms. The van der Waals surface area contributed by atoms with Crippen LogP contribution in [0.5, 0.6) is 0 Å². The van der Waals surface area contributed by atoms with E-state index in [0.717, 1.165) is 30.5 Å². The van der Waals surface area contributed by atoms with Gasteiger partial charge in [0.05, 0.1) is 16.4 Å². The molecular weight excluding hydrogens is 298 g/mol. The third kappa shape index (κ3) is 1.91. The van der Waals surface area contributed by atoms with Crippen molar-refractivity contribution in [3.63, 3.8) is 0 Å². The van der Waals surface area contributed by atoms with Crippen LogP contribution in [0.25, 0.3) is 11.1 Å². The standard InChI is InChI=1S/C13H14BrNO3/c1-15-9-5-4-8(7-11(9)18-13(15)16)12(14)10-3-2-6-17-10/h4-5,7,10,12H,2-3,6H2,1H3. The fraction of sp³-hybridized carbons (Fsp3) is 0.462. The Labute approximate surface area is 113 Å². The minimum absolute atomic E-state index is 0.148. The lowest BCUT2D eigenvalue weighted by Gasteiger charge is -2.16. The van der Waals surface area contributed by atoms with Gasteiger partial charge in [-0.25, -0.2) is 4.79 Å². The summed E-state index contributed by atoms with van der Waals surface area (Å²) in [7, 11) is 1.71. The van der Waals surface area contributed by atoms with Gasteiger partial charge in [-0.15, -0.1) is 0 Å². The molecule has 0 N–H and O–H groups in total. The van der Waals surface area contributed by atoms with E-state index in [4.69, 9.17) is 9.15 Å². The summed E-state index contributed by atoms with van der Waals surface area (Å²) < 4.78 is 12.4. The van der Waals surface area contributed by atoms with E-state index in [0.29, 0.717) is 5.58 Å². The van der Waals surface area contributed by atoms with Crippen LogP contribution in [0.4, 0.5) is 0 Å². The summed E-state index contributed by atoms with van der Waals surface area (Å²) in [4.78, 5) is 11.6. The molecule has 5 heteroatoms. The van der Waals surface area contributed by atoms with Gasteiger partial charge in [-0.1, -0.05) is 22.0 Å². The van der Waals surface area contributed by atoms with Crippen LogP contribution in [0.1, 0.15) is 23.2 Å². The molecule has 2 atom stereocenters. The number of oxazole rings is 1. The van der Waals surface area contributed by atoms with Gasteiger partial charge in [-0.2, -0.15) is 0 Å². The Hall–Kier alpha value is -1.07. The lowest BCUT2D eigenvalue weighted by Crippen LogP contribution is -2.12. The van der Waals surface area contributed by atoms with Crippen LogP contribution in [-0.4, -0.2) is 17.3 Å². The number of rotatable bonds is 2. The highest BCUT2D eigenvalue weighted by Crippen LogP contribution is 2.34. The molecule has 1 aromatic heterocycles. The Bertz CT molecular complexity index is 625. The average Bonchev–Trinajstić information content (AvgIpc) is 2.98. The molecule has 2 unspecified atom stereocenters. The molecule has 0 aliphatic carbocycles. The Morgan fingerprint density at radius 3 is 3.06 bits per heavy atom. The zero-order valence-corrected chi connectivity index (χ0v) is 11.6. The lowest BCUT2D eigenvalue weighted by molar-refractivity contribution is 0.110. The summed E-state index contributed by atoms with van der Waals surface area (Å²) in [6, 6.07) is 5.84. The maximum Gasteiger partial charge on any atom is 0.419 e. The van der Waals surface area contributed by atoms with E-state index in [9.17, 15) is 4.79 Å². The molecule has 3 rings (SSSR count). The largest absolute Gasteiger partial charge is 0.419 e. The molecule has 1 fully saturated rings. The van der Waals surface area contributed by atoms with Crippen molar-refractivity contribution in [2.24, 2.45) is 7.05 Å². The second-order valence-electron chi connectivity index (χ2n) is 4.61. The van der Waals surface area contributed by atoms with Crippen LogP contribution in [0.15, 0.2) is 27.4 Å². The van der Waals surface area contributed by atoms with Gasteiger partial charge in [-0.05, 0) is 30.5 Å². The summed E-state index contributed by atoms with van der Waals surface area (Å²) in [5.41, 5.74) is 2.53. The van der Waals surface area contributed by atoms with E-state index in [1.807, 2.05) is 18.2 Å². The number of hydrogen-bond acceptors (Lipinski definition) is 3. The van der Waals surface area contributed by atoms with Crippen molar-refractivity contribution in [1.29, 1.82) is 0 Å². The van der Waals surface area contributed by atoms with Crippen LogP contribution < -0.4 is 5.76 Å². The number of aromatic nitrogens is 1. The second-order valence-corrected chi connectivity index (χ2v) is 5.59. The minimum Gasteiger partial charge on any atom is -0.408 e. The SMILES string of the molecule is Cn1c(=O)oc2cc(C(Br)C3CCCO3)ccc21. The first kappa shape index (κ1) is 12.0. The summed E-state index contributed by atoms with van der Waals surface area (Å²) >= 11 is 3.67. The first-order valence-corrected chi connectivity index (χ1v) is 6.93. The molecule has 2 aromatic rings. The van der Waals surface area contributed by atoms with Crippen LogP contribution in [0.2, 0.25) is 0 Å². The van der Waals surface area contributed by atoms with E-state index < -0.39 is 0 Å². The zero-order valence-electron chi connectivity index (χ0n) is 10.1. The highest BCUT2D eigenvalue weighted by Gasteiger charge is 2.25. The molecule has 4 nitrogen and oxygen atoms in total. The van der Waals surface area contributed by atoms with Crippen LogP contribution in [0.3, 0.4) is 0 Å². The molecule has 1 aliphatic heterocycles. The number of ether oxygens (including phenoxy) is 1. The van der Waals surface area contributed by atoms with Gasteiger partial charge in [0.1, 0.15) is 0 Å². The molecule has 0 saturated carbocycles. The van der Waals surface area contributed by atoms with Gasteiger partial charge < -0.3 is 9.15 Å².